The lowest BCUT2D eigenvalue weighted by Gasteiger charge is -2.43. The van der Waals surface area contributed by atoms with Crippen LogP contribution in [-0.4, -0.2) is 24.5 Å². The summed E-state index contributed by atoms with van der Waals surface area (Å²) in [6, 6.07) is 9.46. The quantitative estimate of drug-likeness (QED) is 0.756. The summed E-state index contributed by atoms with van der Waals surface area (Å²) in [7, 11) is 0. The maximum atomic E-state index is 3.91. The van der Waals surface area contributed by atoms with Crippen molar-refractivity contribution in [3.63, 3.8) is 0 Å². The van der Waals surface area contributed by atoms with Crippen LogP contribution in [-0.2, 0) is 5.41 Å². The zero-order valence-corrected chi connectivity index (χ0v) is 15.4. The molecule has 3 rings (SSSR count). The SMILES string of the molecule is C=CCC(C)(C)CN1CCC2(CC1)CC(NC=C)c1ccccc12. The van der Waals surface area contributed by atoms with Crippen LogP contribution < -0.4 is 5.32 Å². The van der Waals surface area contributed by atoms with Crippen LogP contribution in [0.1, 0.15) is 56.7 Å². The van der Waals surface area contributed by atoms with Gasteiger partial charge < -0.3 is 10.2 Å². The molecular weight excluding hydrogens is 292 g/mol. The Morgan fingerprint density at radius 1 is 1.25 bits per heavy atom. The van der Waals surface area contributed by atoms with Crippen molar-refractivity contribution in [2.45, 2.75) is 51.0 Å². The molecule has 24 heavy (non-hydrogen) atoms. The number of nitrogens with one attached hydrogen (secondary N) is 1. The molecule has 0 saturated carbocycles. The Balaban J connectivity index is 1.71. The number of piperidine rings is 1. The summed E-state index contributed by atoms with van der Waals surface area (Å²) in [5.74, 6) is 0. The second kappa shape index (κ2) is 6.76. The number of likely N-dealkylation sites (tertiary alicyclic amines) is 1. The number of benzene rings is 1. The Labute approximate surface area is 147 Å². The van der Waals surface area contributed by atoms with E-state index in [9.17, 15) is 0 Å². The summed E-state index contributed by atoms with van der Waals surface area (Å²) in [6.45, 7) is 16.1. The summed E-state index contributed by atoms with van der Waals surface area (Å²) in [4.78, 5) is 2.66. The van der Waals surface area contributed by atoms with Gasteiger partial charge in [-0.3, -0.25) is 0 Å². The largest absolute Gasteiger partial charge is 0.385 e. The second-order valence-corrected chi connectivity index (χ2v) is 8.43. The predicted molar refractivity (Wildman–Crippen MR) is 103 cm³/mol. The van der Waals surface area contributed by atoms with Gasteiger partial charge in [-0.15, -0.1) is 6.58 Å². The van der Waals surface area contributed by atoms with Crippen LogP contribution in [0.15, 0.2) is 49.7 Å². The average Bonchev–Trinajstić information content (AvgIpc) is 2.84. The first-order chi connectivity index (χ1) is 11.5. The van der Waals surface area contributed by atoms with Crippen molar-refractivity contribution < 1.29 is 0 Å². The maximum Gasteiger partial charge on any atom is 0.0519 e. The third-order valence-electron chi connectivity index (χ3n) is 5.98. The fourth-order valence-electron chi connectivity index (χ4n) is 4.86. The lowest BCUT2D eigenvalue weighted by atomic mass is 9.73. The Kier molecular flexibility index (Phi) is 4.87. The van der Waals surface area contributed by atoms with Crippen molar-refractivity contribution in [1.82, 2.24) is 10.2 Å². The van der Waals surface area contributed by atoms with E-state index in [4.69, 9.17) is 0 Å². The highest BCUT2D eigenvalue weighted by molar-refractivity contribution is 5.43. The molecule has 1 spiro atoms. The van der Waals surface area contributed by atoms with E-state index in [0.717, 1.165) is 6.42 Å². The van der Waals surface area contributed by atoms with E-state index >= 15 is 0 Å². The first kappa shape index (κ1) is 17.3. The van der Waals surface area contributed by atoms with Crippen molar-refractivity contribution in [3.8, 4) is 0 Å². The van der Waals surface area contributed by atoms with Crippen LogP contribution >= 0.6 is 0 Å². The number of nitrogens with zero attached hydrogens (tertiary/aromatic N) is 1. The number of fused-ring (bicyclic) bond motifs is 2. The minimum atomic E-state index is 0.326. The fraction of sp³-hybridized carbons (Fsp3) is 0.545. The molecule has 0 aromatic heterocycles. The van der Waals surface area contributed by atoms with E-state index in [-0.39, 0.29) is 0 Å². The van der Waals surface area contributed by atoms with Gasteiger partial charge in [0.1, 0.15) is 0 Å². The van der Waals surface area contributed by atoms with Crippen LogP contribution in [0.2, 0.25) is 0 Å². The smallest absolute Gasteiger partial charge is 0.0519 e. The summed E-state index contributed by atoms with van der Waals surface area (Å²) in [5, 5.41) is 3.48. The lowest BCUT2D eigenvalue weighted by molar-refractivity contribution is 0.111. The van der Waals surface area contributed by atoms with E-state index < -0.39 is 0 Å². The van der Waals surface area contributed by atoms with Crippen molar-refractivity contribution in [3.05, 3.63) is 60.8 Å². The Hall–Kier alpha value is -1.54. The van der Waals surface area contributed by atoms with Crippen LogP contribution in [0.3, 0.4) is 0 Å². The van der Waals surface area contributed by atoms with Gasteiger partial charge in [-0.2, -0.15) is 0 Å². The Morgan fingerprint density at radius 2 is 1.96 bits per heavy atom. The molecule has 130 valence electrons. The van der Waals surface area contributed by atoms with Crippen LogP contribution in [0.4, 0.5) is 0 Å². The van der Waals surface area contributed by atoms with Crippen LogP contribution in [0.5, 0.6) is 0 Å². The number of hydrogen-bond donors (Lipinski definition) is 1. The molecule has 2 heteroatoms. The molecule has 2 nitrogen and oxygen atoms in total. The minimum absolute atomic E-state index is 0.326. The zero-order valence-electron chi connectivity index (χ0n) is 15.4. The zero-order chi connectivity index (χ0) is 17.2. The van der Waals surface area contributed by atoms with E-state index in [2.05, 4.69) is 67.6 Å². The van der Waals surface area contributed by atoms with Gasteiger partial charge >= 0.3 is 0 Å². The van der Waals surface area contributed by atoms with Gasteiger partial charge in [0.15, 0.2) is 0 Å². The highest BCUT2D eigenvalue weighted by Gasteiger charge is 2.45. The van der Waals surface area contributed by atoms with Gasteiger partial charge in [-0.25, -0.2) is 0 Å². The van der Waals surface area contributed by atoms with Gasteiger partial charge in [0.05, 0.1) is 6.04 Å². The van der Waals surface area contributed by atoms with Gasteiger partial charge in [0, 0.05) is 12.0 Å². The van der Waals surface area contributed by atoms with Crippen LogP contribution in [0, 0.1) is 5.41 Å². The standard InChI is InChI=1S/C22H32N2/c1-5-11-21(3,4)17-24-14-12-22(13-15-24)16-20(23-6-2)18-9-7-8-10-19(18)22/h5-10,20,23H,1-2,11-17H2,3-4H3. The lowest BCUT2D eigenvalue weighted by Crippen LogP contribution is -2.45. The van der Waals surface area contributed by atoms with E-state index in [1.807, 2.05) is 6.20 Å². The molecule has 1 unspecified atom stereocenters. The van der Waals surface area contributed by atoms with Gasteiger partial charge in [0.2, 0.25) is 0 Å². The second-order valence-electron chi connectivity index (χ2n) is 8.43. The summed E-state index contributed by atoms with van der Waals surface area (Å²) < 4.78 is 0. The number of rotatable bonds is 6. The molecule has 1 aromatic carbocycles. The molecule has 0 bridgehead atoms. The molecule has 1 atom stereocenters. The van der Waals surface area contributed by atoms with Gasteiger partial charge in [-0.05, 0) is 61.5 Å². The highest BCUT2D eigenvalue weighted by Crippen LogP contribution is 2.50. The summed E-state index contributed by atoms with van der Waals surface area (Å²) in [6.07, 6.45) is 8.75. The molecular formula is C22H32N2. The third-order valence-corrected chi connectivity index (χ3v) is 5.98. The summed E-state index contributed by atoms with van der Waals surface area (Å²) in [5.41, 5.74) is 3.75. The Bertz CT molecular complexity index is 594. The molecule has 1 aliphatic carbocycles. The van der Waals surface area contributed by atoms with Crippen LogP contribution in [0.25, 0.3) is 0 Å². The first-order valence-corrected chi connectivity index (χ1v) is 9.29. The van der Waals surface area contributed by atoms with Gasteiger partial charge in [0.25, 0.3) is 0 Å². The normalized spacial score (nSPS) is 23.0. The fourth-order valence-corrected chi connectivity index (χ4v) is 4.86. The summed E-state index contributed by atoms with van der Waals surface area (Å²) >= 11 is 0. The molecule has 1 saturated heterocycles. The molecule has 2 aliphatic rings. The van der Waals surface area contributed by atoms with E-state index in [1.165, 1.54) is 44.5 Å². The van der Waals surface area contributed by atoms with Crippen molar-refractivity contribution in [1.29, 1.82) is 0 Å². The third kappa shape index (κ3) is 3.30. The van der Waals surface area contributed by atoms with Crippen molar-refractivity contribution in [2.24, 2.45) is 5.41 Å². The van der Waals surface area contributed by atoms with Crippen molar-refractivity contribution >= 4 is 0 Å². The number of hydrogen-bond acceptors (Lipinski definition) is 2. The molecule has 1 aliphatic heterocycles. The molecule has 1 fully saturated rings. The predicted octanol–water partition coefficient (Wildman–Crippen LogP) is 4.80. The molecule has 0 radical (unpaired) electrons. The van der Waals surface area contributed by atoms with Gasteiger partial charge in [-0.1, -0.05) is 50.8 Å². The highest BCUT2D eigenvalue weighted by atomic mass is 15.1. The molecule has 1 heterocycles. The molecule has 1 aromatic rings. The maximum absolute atomic E-state index is 3.91. The first-order valence-electron chi connectivity index (χ1n) is 9.29. The van der Waals surface area contributed by atoms with E-state index in [0.29, 0.717) is 16.9 Å². The minimum Gasteiger partial charge on any atom is -0.385 e. The molecule has 0 amide bonds. The average molecular weight is 325 g/mol. The van der Waals surface area contributed by atoms with Crippen molar-refractivity contribution in [2.75, 3.05) is 19.6 Å². The Morgan fingerprint density at radius 3 is 2.62 bits per heavy atom. The topological polar surface area (TPSA) is 15.3 Å². The number of allylic oxidation sites excluding steroid dienone is 1. The molecule has 1 N–H and O–H groups in total. The monoisotopic (exact) mass is 324 g/mol. The van der Waals surface area contributed by atoms with E-state index in [1.54, 1.807) is 5.56 Å².